The minimum absolute atomic E-state index is 0.00119. The first-order valence-corrected chi connectivity index (χ1v) is 9.89. The first-order chi connectivity index (χ1) is 16.4. The maximum atomic E-state index is 13.6. The van der Waals surface area contributed by atoms with Gasteiger partial charge < -0.3 is 20.1 Å². The van der Waals surface area contributed by atoms with Gasteiger partial charge in [-0.05, 0) is 18.2 Å². The lowest BCUT2D eigenvalue weighted by atomic mass is 10.0. The quantitative estimate of drug-likeness (QED) is 0.360. The first-order valence-electron chi connectivity index (χ1n) is 9.89. The molecule has 10 nitrogen and oxygen atoms in total. The Morgan fingerprint density at radius 2 is 1.66 bits per heavy atom. The highest BCUT2D eigenvalue weighted by atomic mass is 19.4. The molecule has 4 aromatic rings. The zero-order chi connectivity index (χ0) is 25.3. The topological polar surface area (TPSA) is 131 Å². The van der Waals surface area contributed by atoms with Crippen molar-refractivity contribution < 1.29 is 46.4 Å². The molecule has 1 aliphatic rings. The highest BCUT2D eigenvalue weighted by Crippen LogP contribution is 2.41. The van der Waals surface area contributed by atoms with E-state index in [-0.39, 0.29) is 22.9 Å². The fourth-order valence-electron chi connectivity index (χ4n) is 3.94. The van der Waals surface area contributed by atoms with Crippen molar-refractivity contribution in [1.82, 2.24) is 29.1 Å². The Balaban J connectivity index is 1.63. The summed E-state index contributed by atoms with van der Waals surface area (Å²) >= 11 is 0. The molecule has 5 rings (SSSR count). The van der Waals surface area contributed by atoms with E-state index in [1.54, 1.807) is 0 Å². The monoisotopic (exact) mass is 504 g/mol. The molecule has 1 saturated heterocycles. The molecule has 0 spiro atoms. The molecular weight excluding hydrogens is 490 g/mol. The smallest absolute Gasteiger partial charge is 0.394 e. The van der Waals surface area contributed by atoms with Gasteiger partial charge in [-0.15, -0.1) is 10.2 Å². The van der Waals surface area contributed by atoms with Crippen molar-refractivity contribution in [3.05, 3.63) is 42.0 Å². The molecule has 0 saturated carbocycles. The van der Waals surface area contributed by atoms with E-state index in [0.717, 1.165) is 10.7 Å². The molecule has 0 bridgehead atoms. The van der Waals surface area contributed by atoms with Gasteiger partial charge in [0.2, 0.25) is 0 Å². The summed E-state index contributed by atoms with van der Waals surface area (Å²) in [5.41, 5.74) is -3.65. The number of fused-ring (bicyclic) bond motifs is 3. The minimum Gasteiger partial charge on any atom is -0.394 e. The van der Waals surface area contributed by atoms with Crippen molar-refractivity contribution in [2.45, 2.75) is 36.9 Å². The van der Waals surface area contributed by atoms with E-state index in [0.29, 0.717) is 12.1 Å². The number of halogens is 6. The summed E-state index contributed by atoms with van der Waals surface area (Å²) in [4.78, 5) is 8.22. The van der Waals surface area contributed by atoms with Crippen LogP contribution in [0.2, 0.25) is 0 Å². The Bertz CT molecular complexity index is 1420. The summed E-state index contributed by atoms with van der Waals surface area (Å²) in [6, 6.07) is 1.16. The Morgan fingerprint density at radius 3 is 2.29 bits per heavy atom. The summed E-state index contributed by atoms with van der Waals surface area (Å²) in [6.45, 7) is -0.568. The largest absolute Gasteiger partial charge is 0.417 e. The van der Waals surface area contributed by atoms with Gasteiger partial charge in [0.25, 0.3) is 0 Å². The third-order valence-electron chi connectivity index (χ3n) is 5.66. The lowest BCUT2D eigenvalue weighted by Gasteiger charge is -2.16. The van der Waals surface area contributed by atoms with Crippen LogP contribution in [-0.2, 0) is 17.1 Å². The van der Waals surface area contributed by atoms with Gasteiger partial charge in [0, 0.05) is 5.56 Å². The predicted molar refractivity (Wildman–Crippen MR) is 103 cm³/mol. The fraction of sp³-hybridized carbons (Fsp3) is 0.368. The van der Waals surface area contributed by atoms with Crippen molar-refractivity contribution in [1.29, 1.82) is 0 Å². The van der Waals surface area contributed by atoms with Crippen LogP contribution in [-0.4, -0.2) is 69.4 Å². The number of aliphatic hydroxyl groups excluding tert-OH is 3. The Labute approximate surface area is 190 Å². The van der Waals surface area contributed by atoms with E-state index in [2.05, 4.69) is 20.2 Å². The SMILES string of the molecule is OC[C@H]1O[C@@H](n2cnc3c2ncn2c(-c4ccc(C(F)(F)F)cc4C(F)(F)F)nnc32)[C@@H](O)C1O. The number of imidazole rings is 1. The van der Waals surface area contributed by atoms with Gasteiger partial charge in [-0.3, -0.25) is 8.97 Å². The lowest BCUT2D eigenvalue weighted by molar-refractivity contribution is -0.142. The molecule has 1 unspecified atom stereocenters. The van der Waals surface area contributed by atoms with Crippen LogP contribution in [0.5, 0.6) is 0 Å². The molecule has 186 valence electrons. The van der Waals surface area contributed by atoms with Crippen LogP contribution in [0.3, 0.4) is 0 Å². The van der Waals surface area contributed by atoms with Crippen molar-refractivity contribution >= 4 is 16.8 Å². The maximum Gasteiger partial charge on any atom is 0.417 e. The first kappa shape index (κ1) is 23.4. The van der Waals surface area contributed by atoms with E-state index in [1.165, 1.54) is 10.9 Å². The molecule has 3 N–H and O–H groups in total. The summed E-state index contributed by atoms with van der Waals surface area (Å²) in [5, 5.41) is 37.1. The molecule has 4 heterocycles. The number of hydrogen-bond donors (Lipinski definition) is 3. The van der Waals surface area contributed by atoms with Gasteiger partial charge in [-0.25, -0.2) is 9.97 Å². The van der Waals surface area contributed by atoms with E-state index < -0.39 is 66.0 Å². The second kappa shape index (κ2) is 7.84. The van der Waals surface area contributed by atoms with Gasteiger partial charge in [-0.1, -0.05) is 0 Å². The third-order valence-corrected chi connectivity index (χ3v) is 5.66. The number of hydrogen-bond acceptors (Lipinski definition) is 8. The molecule has 0 aliphatic carbocycles. The molecule has 1 aliphatic heterocycles. The molecular formula is C19H14F6N6O4. The zero-order valence-electron chi connectivity index (χ0n) is 17.1. The third kappa shape index (κ3) is 3.69. The van der Waals surface area contributed by atoms with Crippen LogP contribution in [0.1, 0.15) is 17.4 Å². The average Bonchev–Trinajstić information content (AvgIpc) is 3.48. The van der Waals surface area contributed by atoms with Crippen molar-refractivity contribution in [2.75, 3.05) is 6.61 Å². The van der Waals surface area contributed by atoms with E-state index in [1.807, 2.05) is 0 Å². The summed E-state index contributed by atoms with van der Waals surface area (Å²) in [6.07, 6.45) is -13.0. The van der Waals surface area contributed by atoms with Gasteiger partial charge in [0.1, 0.15) is 24.6 Å². The Kier molecular flexibility index (Phi) is 5.24. The molecule has 1 aromatic carbocycles. The van der Waals surface area contributed by atoms with Gasteiger partial charge in [0.15, 0.2) is 28.9 Å². The molecule has 3 aromatic heterocycles. The van der Waals surface area contributed by atoms with Crippen LogP contribution in [0.4, 0.5) is 26.3 Å². The molecule has 35 heavy (non-hydrogen) atoms. The van der Waals surface area contributed by atoms with Crippen LogP contribution < -0.4 is 0 Å². The van der Waals surface area contributed by atoms with Crippen molar-refractivity contribution in [3.63, 3.8) is 0 Å². The van der Waals surface area contributed by atoms with Crippen molar-refractivity contribution in [3.8, 4) is 11.4 Å². The van der Waals surface area contributed by atoms with Crippen molar-refractivity contribution in [2.24, 2.45) is 0 Å². The predicted octanol–water partition coefficient (Wildman–Crippen LogP) is 1.79. The number of ether oxygens (including phenoxy) is 1. The number of nitrogens with zero attached hydrogens (tertiary/aromatic N) is 6. The molecule has 0 amide bonds. The van der Waals surface area contributed by atoms with Gasteiger partial charge in [-0.2, -0.15) is 26.3 Å². The normalized spacial score (nSPS) is 23.6. The number of aliphatic hydroxyl groups is 3. The summed E-state index contributed by atoms with van der Waals surface area (Å²) < 4.78 is 87.6. The maximum absolute atomic E-state index is 13.6. The second-order valence-corrected chi connectivity index (χ2v) is 7.77. The molecule has 4 atom stereocenters. The molecule has 0 radical (unpaired) electrons. The standard InChI is InChI=1S/C19H14F6N6O4/c20-18(21,22)7-1-2-8(9(3-7)19(23,24)25)14-28-29-16-11-15(27-6-30(14)16)31(5-26-11)17-13(34)12(33)10(4-32)35-17/h1-3,5-6,10,12-13,17,32-34H,4H2/t10-,12?,13+,17-/m1/s1. The van der Waals surface area contributed by atoms with Gasteiger partial charge in [0.05, 0.1) is 24.1 Å². The molecule has 16 heteroatoms. The molecule has 1 fully saturated rings. The summed E-state index contributed by atoms with van der Waals surface area (Å²) in [7, 11) is 0. The van der Waals surface area contributed by atoms with E-state index >= 15 is 0 Å². The van der Waals surface area contributed by atoms with E-state index in [9.17, 15) is 41.7 Å². The highest BCUT2D eigenvalue weighted by Gasteiger charge is 2.44. The van der Waals surface area contributed by atoms with Crippen LogP contribution in [0.15, 0.2) is 30.9 Å². The fourth-order valence-corrected chi connectivity index (χ4v) is 3.94. The minimum atomic E-state index is -5.12. The van der Waals surface area contributed by atoms with Crippen LogP contribution in [0, 0.1) is 0 Å². The number of benzene rings is 1. The Morgan fingerprint density at radius 1 is 0.914 bits per heavy atom. The summed E-state index contributed by atoms with van der Waals surface area (Å²) in [5.74, 6) is -0.419. The van der Waals surface area contributed by atoms with Gasteiger partial charge >= 0.3 is 12.4 Å². The lowest BCUT2D eigenvalue weighted by Crippen LogP contribution is -2.33. The zero-order valence-corrected chi connectivity index (χ0v) is 17.1. The number of aromatic nitrogens is 6. The second-order valence-electron chi connectivity index (χ2n) is 7.77. The average molecular weight is 504 g/mol. The number of rotatable bonds is 3. The van der Waals surface area contributed by atoms with Crippen LogP contribution in [0.25, 0.3) is 28.2 Å². The Hall–Kier alpha value is -3.34. The van der Waals surface area contributed by atoms with E-state index in [4.69, 9.17) is 4.74 Å². The number of alkyl halides is 6. The highest BCUT2D eigenvalue weighted by molar-refractivity contribution is 5.86. The van der Waals surface area contributed by atoms with Crippen LogP contribution >= 0.6 is 0 Å².